The number of aromatic nitrogens is 3. The zero-order valence-corrected chi connectivity index (χ0v) is 32.3. The van der Waals surface area contributed by atoms with E-state index in [4.69, 9.17) is 9.72 Å². The minimum absolute atomic E-state index is 0.0525. The maximum absolute atomic E-state index is 15.2. The van der Waals surface area contributed by atoms with Gasteiger partial charge in [-0.3, -0.25) is 24.5 Å². The molecule has 1 unspecified atom stereocenters. The molecule has 4 aromatic rings. The minimum Gasteiger partial charge on any atom is -0.489 e. The Hall–Kier alpha value is -5.58. The smallest absolute Gasteiger partial charge is 0.433 e. The normalized spacial score (nSPS) is 18.7. The molecule has 0 spiro atoms. The number of likely N-dealkylation sites (tertiary alicyclic amines) is 2. The van der Waals surface area contributed by atoms with E-state index in [0.717, 1.165) is 43.8 Å². The quantitative estimate of drug-likeness (QED) is 0.120. The van der Waals surface area contributed by atoms with Crippen molar-refractivity contribution in [3.8, 4) is 5.75 Å². The summed E-state index contributed by atoms with van der Waals surface area (Å²) in [6, 6.07) is 9.19. The third kappa shape index (κ3) is 9.57. The molecule has 6 heterocycles. The molecule has 13 nitrogen and oxygen atoms in total. The summed E-state index contributed by atoms with van der Waals surface area (Å²) in [5, 5.41) is 7.98. The molecule has 0 aliphatic carbocycles. The molecule has 58 heavy (non-hydrogen) atoms. The number of amides is 4. The topological polar surface area (TPSA) is 150 Å². The highest BCUT2D eigenvalue weighted by Crippen LogP contribution is 2.34. The first-order valence-electron chi connectivity index (χ1n) is 19.6. The molecule has 1 aromatic carbocycles. The van der Waals surface area contributed by atoms with Gasteiger partial charge in [0, 0.05) is 62.5 Å². The van der Waals surface area contributed by atoms with Crippen LogP contribution in [0.15, 0.2) is 54.9 Å². The van der Waals surface area contributed by atoms with E-state index < -0.39 is 29.7 Å². The molecular formula is C41H46F4N8O5. The second kappa shape index (κ2) is 17.1. The van der Waals surface area contributed by atoms with E-state index in [1.54, 1.807) is 28.8 Å². The number of pyridine rings is 2. The van der Waals surface area contributed by atoms with Crippen LogP contribution in [0.5, 0.6) is 5.75 Å². The van der Waals surface area contributed by atoms with E-state index in [2.05, 4.69) is 25.8 Å². The number of imide groups is 1. The highest BCUT2D eigenvalue weighted by Gasteiger charge is 2.33. The first kappa shape index (κ1) is 40.6. The van der Waals surface area contributed by atoms with Crippen molar-refractivity contribution in [3.63, 3.8) is 0 Å². The monoisotopic (exact) mass is 806 g/mol. The van der Waals surface area contributed by atoms with E-state index in [1.807, 2.05) is 24.9 Å². The second-order valence-electron chi connectivity index (χ2n) is 15.4. The Kier molecular flexibility index (Phi) is 12.0. The molecule has 0 bridgehead atoms. The van der Waals surface area contributed by atoms with Crippen molar-refractivity contribution in [1.29, 1.82) is 0 Å². The van der Waals surface area contributed by atoms with Crippen molar-refractivity contribution in [2.45, 2.75) is 89.0 Å². The summed E-state index contributed by atoms with van der Waals surface area (Å²) in [6.07, 6.45) is 2.47. The van der Waals surface area contributed by atoms with Crippen LogP contribution < -0.4 is 20.7 Å². The Balaban J connectivity index is 0.891. The number of alkyl halides is 3. The number of hydrogen-bond donors (Lipinski definition) is 3. The lowest BCUT2D eigenvalue weighted by Crippen LogP contribution is -2.47. The standard InChI is InChI=1S/C41H46F4N8O5/c1-24(2)58-34-21-36-48-32(22-53(36)23-33(34)49-39(56)30-4-3-5-35(47-30)41(43,44)45)26-12-18-52(19-13-26)38(55)14-17-51-15-10-25(11-16-51)28-7-6-27(20-29(28)42)46-31-8-9-37(54)50-40(31)57/h3-7,20-26,31,46H,8-19H2,1-2H3,(H,49,56)(H,50,54,57). The lowest BCUT2D eigenvalue weighted by atomic mass is 9.88. The van der Waals surface area contributed by atoms with Crippen molar-refractivity contribution < 1.29 is 41.5 Å². The van der Waals surface area contributed by atoms with Crippen LogP contribution >= 0.6 is 0 Å². The van der Waals surface area contributed by atoms with Crippen LogP contribution in [0.2, 0.25) is 0 Å². The molecule has 3 aliphatic heterocycles. The van der Waals surface area contributed by atoms with Crippen LogP contribution in [-0.2, 0) is 20.6 Å². The van der Waals surface area contributed by atoms with Gasteiger partial charge in [0.1, 0.15) is 40.3 Å². The van der Waals surface area contributed by atoms with Gasteiger partial charge in [0.2, 0.25) is 17.7 Å². The van der Waals surface area contributed by atoms with E-state index >= 15 is 4.39 Å². The summed E-state index contributed by atoms with van der Waals surface area (Å²) in [5.41, 5.74) is 1.23. The molecule has 3 aromatic heterocycles. The number of carbonyl (C=O) groups is 4. The van der Waals surface area contributed by atoms with E-state index in [-0.39, 0.29) is 53.4 Å². The van der Waals surface area contributed by atoms with Crippen LogP contribution in [0.4, 0.5) is 28.9 Å². The summed E-state index contributed by atoms with van der Waals surface area (Å²) in [5.74, 6) is -1.31. The summed E-state index contributed by atoms with van der Waals surface area (Å²) < 4.78 is 62.5. The van der Waals surface area contributed by atoms with Crippen molar-refractivity contribution in [2.75, 3.05) is 43.4 Å². The molecule has 308 valence electrons. The van der Waals surface area contributed by atoms with E-state index in [0.29, 0.717) is 68.0 Å². The van der Waals surface area contributed by atoms with Crippen LogP contribution in [0.25, 0.3) is 5.65 Å². The summed E-state index contributed by atoms with van der Waals surface area (Å²) >= 11 is 0. The fraction of sp³-hybridized carbons (Fsp3) is 0.463. The molecule has 0 saturated carbocycles. The fourth-order valence-electron chi connectivity index (χ4n) is 7.87. The van der Waals surface area contributed by atoms with Crippen LogP contribution in [0, 0.1) is 5.82 Å². The Bertz CT molecular complexity index is 2180. The van der Waals surface area contributed by atoms with Gasteiger partial charge in [-0.2, -0.15) is 13.2 Å². The zero-order valence-electron chi connectivity index (χ0n) is 32.3. The van der Waals surface area contributed by atoms with Gasteiger partial charge in [-0.15, -0.1) is 0 Å². The number of piperidine rings is 3. The number of imidazole rings is 1. The molecule has 17 heteroatoms. The Morgan fingerprint density at radius 2 is 1.69 bits per heavy atom. The lowest BCUT2D eigenvalue weighted by molar-refractivity contribution is -0.141. The third-order valence-corrected chi connectivity index (χ3v) is 11.0. The predicted octanol–water partition coefficient (Wildman–Crippen LogP) is 6.12. The largest absolute Gasteiger partial charge is 0.489 e. The average molecular weight is 807 g/mol. The van der Waals surface area contributed by atoms with Gasteiger partial charge in [-0.05, 0) is 94.8 Å². The van der Waals surface area contributed by atoms with Crippen LogP contribution in [0.3, 0.4) is 0 Å². The van der Waals surface area contributed by atoms with Gasteiger partial charge in [-0.25, -0.2) is 14.4 Å². The van der Waals surface area contributed by atoms with Gasteiger partial charge in [0.25, 0.3) is 5.91 Å². The number of fused-ring (bicyclic) bond motifs is 1. The molecule has 7 rings (SSSR count). The molecule has 0 radical (unpaired) electrons. The Morgan fingerprint density at radius 3 is 2.38 bits per heavy atom. The molecule has 1 atom stereocenters. The number of carbonyl (C=O) groups excluding carboxylic acids is 4. The van der Waals surface area contributed by atoms with Crippen LogP contribution in [0.1, 0.15) is 98.1 Å². The SMILES string of the molecule is CC(C)Oc1cc2nc(C3CCN(C(=O)CCN4CCC(c5ccc(NC6CCC(=O)NC6=O)cc5F)CC4)CC3)cn2cc1NC(=O)c1cccc(C(F)(F)F)n1. The van der Waals surface area contributed by atoms with Gasteiger partial charge in [0.15, 0.2) is 0 Å². The summed E-state index contributed by atoms with van der Waals surface area (Å²) in [4.78, 5) is 62.2. The average Bonchev–Trinajstić information content (AvgIpc) is 3.61. The minimum atomic E-state index is -4.69. The van der Waals surface area contributed by atoms with Crippen LogP contribution in [-0.4, -0.2) is 92.7 Å². The first-order chi connectivity index (χ1) is 27.7. The Labute approximate surface area is 332 Å². The predicted molar refractivity (Wildman–Crippen MR) is 206 cm³/mol. The van der Waals surface area contributed by atoms with Crippen molar-refractivity contribution in [1.82, 2.24) is 29.5 Å². The highest BCUT2D eigenvalue weighted by molar-refractivity contribution is 6.04. The number of hydrogen-bond acceptors (Lipinski definition) is 9. The lowest BCUT2D eigenvalue weighted by Gasteiger charge is -2.34. The molecule has 3 N–H and O–H groups in total. The molecular weight excluding hydrogens is 760 g/mol. The van der Waals surface area contributed by atoms with E-state index in [1.165, 1.54) is 12.1 Å². The zero-order chi connectivity index (χ0) is 41.1. The highest BCUT2D eigenvalue weighted by atomic mass is 19.4. The summed E-state index contributed by atoms with van der Waals surface area (Å²) in [7, 11) is 0. The molecule has 4 amide bonds. The van der Waals surface area contributed by atoms with E-state index in [9.17, 15) is 32.3 Å². The number of benzene rings is 1. The molecule has 3 saturated heterocycles. The number of ether oxygens (including phenoxy) is 1. The summed E-state index contributed by atoms with van der Waals surface area (Å²) in [6.45, 7) is 6.92. The first-order valence-corrected chi connectivity index (χ1v) is 19.6. The number of nitrogens with zero attached hydrogens (tertiary/aromatic N) is 5. The second-order valence-corrected chi connectivity index (χ2v) is 15.4. The van der Waals surface area contributed by atoms with Crippen molar-refractivity contribution >= 4 is 40.7 Å². The Morgan fingerprint density at radius 1 is 0.948 bits per heavy atom. The molecule has 3 fully saturated rings. The fourth-order valence-corrected chi connectivity index (χ4v) is 7.87. The van der Waals surface area contributed by atoms with Gasteiger partial charge >= 0.3 is 6.18 Å². The maximum atomic E-state index is 15.2. The van der Waals surface area contributed by atoms with Crippen molar-refractivity contribution in [3.05, 3.63) is 83.3 Å². The van der Waals surface area contributed by atoms with Gasteiger partial charge in [-0.1, -0.05) is 12.1 Å². The number of anilines is 2. The van der Waals surface area contributed by atoms with Gasteiger partial charge < -0.3 is 29.6 Å². The van der Waals surface area contributed by atoms with Gasteiger partial charge in [0.05, 0.1) is 11.8 Å². The number of halogens is 4. The molecule has 3 aliphatic rings. The van der Waals surface area contributed by atoms with Crippen molar-refractivity contribution in [2.24, 2.45) is 0 Å². The third-order valence-electron chi connectivity index (χ3n) is 11.0. The number of rotatable bonds is 11. The number of nitrogens with one attached hydrogen (secondary N) is 3. The maximum Gasteiger partial charge on any atom is 0.433 e.